The van der Waals surface area contributed by atoms with E-state index in [0.29, 0.717) is 11.2 Å². The topological polar surface area (TPSA) is 103 Å². The second kappa shape index (κ2) is 6.20. The van der Waals surface area contributed by atoms with Crippen molar-refractivity contribution >= 4 is 28.4 Å². The van der Waals surface area contributed by atoms with Crippen molar-refractivity contribution in [3.8, 4) is 12.1 Å². The number of hydrazone groups is 1. The third-order valence-corrected chi connectivity index (χ3v) is 2.79. The largest absolute Gasteiger partial charge is 0.443 e. The van der Waals surface area contributed by atoms with E-state index in [1.165, 1.54) is 4.57 Å². The quantitative estimate of drug-likeness (QED) is 0.677. The fourth-order valence-electron chi connectivity index (χ4n) is 1.88. The Hall–Kier alpha value is -3.32. The normalized spacial score (nSPS) is 10.5. The first kappa shape index (κ1) is 16.1. The molecule has 1 aromatic heterocycles. The molecule has 2 aromatic rings. The molecule has 0 amide bonds. The van der Waals surface area contributed by atoms with Crippen LogP contribution in [-0.2, 0) is 4.74 Å². The van der Waals surface area contributed by atoms with E-state index in [-0.39, 0.29) is 5.71 Å². The van der Waals surface area contributed by atoms with Crippen LogP contribution in [0.4, 0.5) is 10.5 Å². The molecule has 0 saturated heterocycles. The van der Waals surface area contributed by atoms with E-state index in [0.717, 1.165) is 5.39 Å². The highest BCUT2D eigenvalue weighted by Crippen LogP contribution is 2.22. The van der Waals surface area contributed by atoms with Crippen molar-refractivity contribution in [2.45, 2.75) is 26.4 Å². The summed E-state index contributed by atoms with van der Waals surface area (Å²) in [6.07, 6.45) is 1.17. The number of hydrogen-bond donors (Lipinski definition) is 1. The van der Waals surface area contributed by atoms with Gasteiger partial charge in [-0.05, 0) is 45.0 Å². The van der Waals surface area contributed by atoms with Crippen LogP contribution in [0.1, 0.15) is 20.8 Å². The highest BCUT2D eigenvalue weighted by atomic mass is 16.6. The smallest absolute Gasteiger partial charge is 0.418 e. The Morgan fingerprint density at radius 2 is 1.96 bits per heavy atom. The predicted molar refractivity (Wildman–Crippen MR) is 85.9 cm³/mol. The number of benzene rings is 1. The lowest BCUT2D eigenvalue weighted by atomic mass is 10.2. The number of nitrogens with zero attached hydrogens (tertiary/aromatic N) is 4. The lowest BCUT2D eigenvalue weighted by Gasteiger charge is -2.19. The number of nitriles is 2. The summed E-state index contributed by atoms with van der Waals surface area (Å²) in [4.78, 5) is 12.1. The van der Waals surface area contributed by atoms with Crippen LogP contribution >= 0.6 is 0 Å². The minimum absolute atomic E-state index is 0.267. The second-order valence-corrected chi connectivity index (χ2v) is 5.74. The first-order valence-electron chi connectivity index (χ1n) is 6.82. The molecule has 0 fully saturated rings. The summed E-state index contributed by atoms with van der Waals surface area (Å²) in [5, 5.41) is 21.7. The van der Waals surface area contributed by atoms with Gasteiger partial charge in [0.15, 0.2) is 0 Å². The first-order valence-corrected chi connectivity index (χ1v) is 6.82. The van der Waals surface area contributed by atoms with Crippen LogP contribution in [-0.4, -0.2) is 22.0 Å². The molecule has 0 aliphatic carbocycles. The Morgan fingerprint density at radius 1 is 1.26 bits per heavy atom. The van der Waals surface area contributed by atoms with E-state index in [2.05, 4.69) is 10.5 Å². The highest BCUT2D eigenvalue weighted by Gasteiger charge is 2.18. The summed E-state index contributed by atoms with van der Waals surface area (Å²) in [5.41, 5.74) is 3.08. The fraction of sp³-hybridized carbons (Fsp3) is 0.250. The average molecular weight is 309 g/mol. The summed E-state index contributed by atoms with van der Waals surface area (Å²) in [7, 11) is 0. The summed E-state index contributed by atoms with van der Waals surface area (Å²) in [6.45, 7) is 5.41. The molecule has 23 heavy (non-hydrogen) atoms. The van der Waals surface area contributed by atoms with Gasteiger partial charge < -0.3 is 4.74 Å². The first-order chi connectivity index (χ1) is 10.8. The monoisotopic (exact) mass is 309 g/mol. The minimum Gasteiger partial charge on any atom is -0.443 e. The van der Waals surface area contributed by atoms with Crippen molar-refractivity contribution in [2.75, 3.05) is 5.43 Å². The molecule has 0 unspecified atom stereocenters. The number of fused-ring (bicyclic) bond motifs is 1. The Labute approximate surface area is 133 Å². The molecular formula is C16H15N5O2. The molecule has 0 bridgehead atoms. The van der Waals surface area contributed by atoms with Crippen LogP contribution in [0.2, 0.25) is 0 Å². The highest BCUT2D eigenvalue weighted by molar-refractivity contribution is 6.10. The Balaban J connectivity index is 2.28. The van der Waals surface area contributed by atoms with Crippen molar-refractivity contribution in [2.24, 2.45) is 5.10 Å². The molecule has 0 saturated carbocycles. The second-order valence-electron chi connectivity index (χ2n) is 5.74. The fourth-order valence-corrected chi connectivity index (χ4v) is 1.88. The van der Waals surface area contributed by atoms with Gasteiger partial charge in [0, 0.05) is 11.6 Å². The van der Waals surface area contributed by atoms with Crippen molar-refractivity contribution < 1.29 is 9.53 Å². The van der Waals surface area contributed by atoms with E-state index >= 15 is 0 Å². The molecule has 7 nitrogen and oxygen atoms in total. The summed E-state index contributed by atoms with van der Waals surface area (Å²) in [5.74, 6) is 0. The van der Waals surface area contributed by atoms with Gasteiger partial charge in [0.1, 0.15) is 17.7 Å². The van der Waals surface area contributed by atoms with Gasteiger partial charge in [0.25, 0.3) is 0 Å². The van der Waals surface area contributed by atoms with Gasteiger partial charge in [-0.2, -0.15) is 15.6 Å². The number of anilines is 1. The molecule has 116 valence electrons. The zero-order valence-electron chi connectivity index (χ0n) is 13.0. The minimum atomic E-state index is -0.575. The molecule has 1 N–H and O–H groups in total. The van der Waals surface area contributed by atoms with Gasteiger partial charge in [-0.15, -0.1) is 0 Å². The number of nitrogens with one attached hydrogen (secondary N) is 1. The molecule has 0 radical (unpaired) electrons. The van der Waals surface area contributed by atoms with Gasteiger partial charge in [-0.3, -0.25) is 9.99 Å². The molecule has 1 heterocycles. The van der Waals surface area contributed by atoms with E-state index in [1.54, 1.807) is 63.4 Å². The molecule has 0 aliphatic rings. The molecule has 0 aliphatic heterocycles. The maximum atomic E-state index is 12.1. The molecule has 7 heteroatoms. The predicted octanol–water partition coefficient (Wildman–Crippen LogP) is 3.24. The van der Waals surface area contributed by atoms with Gasteiger partial charge in [0.05, 0.1) is 11.2 Å². The van der Waals surface area contributed by atoms with Crippen molar-refractivity contribution in [1.29, 1.82) is 10.5 Å². The number of aromatic nitrogens is 1. The molecule has 2 rings (SSSR count). The summed E-state index contributed by atoms with van der Waals surface area (Å²) in [6, 6.07) is 10.3. The van der Waals surface area contributed by atoms with Gasteiger partial charge in [-0.1, -0.05) is 0 Å². The van der Waals surface area contributed by atoms with Gasteiger partial charge in [0.2, 0.25) is 5.71 Å². The van der Waals surface area contributed by atoms with E-state index in [1.807, 2.05) is 0 Å². The van der Waals surface area contributed by atoms with Crippen LogP contribution < -0.4 is 5.43 Å². The van der Waals surface area contributed by atoms with Crippen molar-refractivity contribution in [3.05, 3.63) is 30.5 Å². The van der Waals surface area contributed by atoms with E-state index < -0.39 is 11.7 Å². The van der Waals surface area contributed by atoms with Crippen molar-refractivity contribution in [1.82, 2.24) is 4.57 Å². The van der Waals surface area contributed by atoms with Crippen LogP contribution in [0.5, 0.6) is 0 Å². The van der Waals surface area contributed by atoms with Crippen LogP contribution in [0.25, 0.3) is 10.9 Å². The standard InChI is InChI=1S/C16H15N5O2/c1-16(2,3)23-15(22)21-7-6-11-8-12(4-5-14(11)21)19-20-13(9-17)10-18/h4-8,19H,1-3H3. The third kappa shape index (κ3) is 3.86. The van der Waals surface area contributed by atoms with Gasteiger partial charge in [-0.25, -0.2) is 4.79 Å². The maximum Gasteiger partial charge on any atom is 0.418 e. The number of rotatable bonds is 2. The van der Waals surface area contributed by atoms with Crippen LogP contribution in [0.3, 0.4) is 0 Å². The van der Waals surface area contributed by atoms with E-state index in [9.17, 15) is 4.79 Å². The molecule has 0 atom stereocenters. The molecule has 0 spiro atoms. The summed E-state index contributed by atoms with van der Waals surface area (Å²) >= 11 is 0. The van der Waals surface area contributed by atoms with E-state index in [4.69, 9.17) is 15.3 Å². The number of ether oxygens (including phenoxy) is 1. The number of carbonyl (C=O) groups excluding carboxylic acids is 1. The zero-order chi connectivity index (χ0) is 17.0. The molecule has 1 aromatic carbocycles. The van der Waals surface area contributed by atoms with Crippen LogP contribution in [0.15, 0.2) is 35.6 Å². The zero-order valence-corrected chi connectivity index (χ0v) is 13.0. The lowest BCUT2D eigenvalue weighted by Crippen LogP contribution is -2.26. The number of carbonyl (C=O) groups is 1. The maximum absolute atomic E-state index is 12.1. The Bertz CT molecular complexity index is 843. The van der Waals surface area contributed by atoms with Crippen molar-refractivity contribution in [3.63, 3.8) is 0 Å². The van der Waals surface area contributed by atoms with Gasteiger partial charge >= 0.3 is 6.09 Å². The number of hydrogen-bond acceptors (Lipinski definition) is 6. The Morgan fingerprint density at radius 3 is 2.57 bits per heavy atom. The average Bonchev–Trinajstić information content (AvgIpc) is 2.89. The van der Waals surface area contributed by atoms with Crippen LogP contribution in [0, 0.1) is 22.7 Å². The Kier molecular flexibility index (Phi) is 4.33. The lowest BCUT2D eigenvalue weighted by molar-refractivity contribution is 0.0544. The SMILES string of the molecule is CC(C)(C)OC(=O)n1ccc2cc(NN=C(C#N)C#N)ccc21. The molecular weight excluding hydrogens is 294 g/mol. The third-order valence-electron chi connectivity index (χ3n) is 2.79. The summed E-state index contributed by atoms with van der Waals surface area (Å²) < 4.78 is 6.76.